The van der Waals surface area contributed by atoms with E-state index in [4.69, 9.17) is 0 Å². The minimum absolute atomic E-state index is 0.740. The lowest BCUT2D eigenvalue weighted by Crippen LogP contribution is -2.17. The Hall–Kier alpha value is -5.70. The summed E-state index contributed by atoms with van der Waals surface area (Å²) in [5.41, 5.74) is 8.59. The normalized spacial score (nSPS) is 11.5. The van der Waals surface area contributed by atoms with Crippen molar-refractivity contribution in [1.82, 2.24) is 0 Å². The molecule has 0 aliphatic carbocycles. The van der Waals surface area contributed by atoms with Crippen LogP contribution >= 0.6 is 11.3 Å². The first-order chi connectivity index (χ1) is 23.3. The topological polar surface area (TPSA) is 3.24 Å². The molecule has 1 nitrogen and oxygen atoms in total. The Balaban J connectivity index is 1.18. The number of thiophene rings is 1. The quantitative estimate of drug-likeness (QED) is 0.179. The summed E-state index contributed by atoms with van der Waals surface area (Å²) in [6, 6.07) is 64.2. The summed E-state index contributed by atoms with van der Waals surface area (Å²) in [7, 11) is 0. The first-order valence-electron chi connectivity index (χ1n) is 16.1. The third-order valence-electron chi connectivity index (χ3n) is 9.35. The van der Waals surface area contributed by atoms with Crippen molar-refractivity contribution in [2.75, 3.05) is 4.90 Å². The van der Waals surface area contributed by atoms with Crippen LogP contribution in [0.5, 0.6) is 0 Å². The molecule has 1 aromatic heterocycles. The number of fused-ring (bicyclic) bond motifs is 6. The number of anilines is 2. The summed E-state index contributed by atoms with van der Waals surface area (Å²) in [4.78, 5) is 2.47. The summed E-state index contributed by atoms with van der Waals surface area (Å²) < 4.78 is 2.67. The van der Waals surface area contributed by atoms with Gasteiger partial charge in [-0.05, 0) is 85.8 Å². The van der Waals surface area contributed by atoms with Crippen molar-refractivity contribution in [1.29, 1.82) is 0 Å². The number of rotatable bonds is 6. The maximum Gasteiger partial charge on any atom is 0.0487 e. The molecule has 0 aliphatic heterocycles. The Morgan fingerprint density at radius 2 is 1.06 bits per heavy atom. The molecule has 0 saturated heterocycles. The summed E-state index contributed by atoms with van der Waals surface area (Å²) in [5, 5.41) is 7.76. The molecule has 1 heterocycles. The maximum atomic E-state index is 2.47. The molecule has 222 valence electrons. The third-order valence-corrected chi connectivity index (χ3v) is 10.6. The molecule has 0 radical (unpaired) electrons. The molecule has 9 rings (SSSR count). The predicted molar refractivity (Wildman–Crippen MR) is 204 cm³/mol. The summed E-state index contributed by atoms with van der Waals surface area (Å²) in [5.74, 6) is 0. The van der Waals surface area contributed by atoms with Crippen LogP contribution in [0.1, 0.15) is 5.56 Å². The van der Waals surface area contributed by atoms with Gasteiger partial charge < -0.3 is 4.90 Å². The Morgan fingerprint density at radius 3 is 1.94 bits per heavy atom. The summed E-state index contributed by atoms with van der Waals surface area (Å²) in [6.45, 7) is 0.740. The molecule has 0 unspecified atom stereocenters. The fourth-order valence-electron chi connectivity index (χ4n) is 6.92. The van der Waals surface area contributed by atoms with Gasteiger partial charge in [-0.25, -0.2) is 0 Å². The van der Waals surface area contributed by atoms with Gasteiger partial charge in [-0.3, -0.25) is 0 Å². The fraction of sp³-hybridized carbons (Fsp3) is 0.0222. The second kappa shape index (κ2) is 11.6. The fourth-order valence-corrected chi connectivity index (χ4v) is 8.14. The Kier molecular flexibility index (Phi) is 6.80. The monoisotopic (exact) mass is 617 g/mol. The Morgan fingerprint density at radius 1 is 0.404 bits per heavy atom. The zero-order chi connectivity index (χ0) is 31.2. The number of hydrogen-bond donors (Lipinski definition) is 0. The molecule has 9 aromatic rings. The zero-order valence-electron chi connectivity index (χ0n) is 25.8. The molecule has 47 heavy (non-hydrogen) atoms. The molecule has 2 heteroatoms. The molecular formula is C45H31NS. The smallest absolute Gasteiger partial charge is 0.0487 e. The average Bonchev–Trinajstić information content (AvgIpc) is 3.53. The third kappa shape index (κ3) is 5.04. The van der Waals surface area contributed by atoms with Gasteiger partial charge in [0.15, 0.2) is 0 Å². The maximum absolute atomic E-state index is 2.47. The largest absolute Gasteiger partial charge is 0.337 e. The van der Waals surface area contributed by atoms with Crippen molar-refractivity contribution in [2.24, 2.45) is 0 Å². The van der Waals surface area contributed by atoms with E-state index in [9.17, 15) is 0 Å². The van der Waals surface area contributed by atoms with E-state index in [1.165, 1.54) is 80.9 Å². The van der Waals surface area contributed by atoms with Crippen molar-refractivity contribution in [3.8, 4) is 22.3 Å². The van der Waals surface area contributed by atoms with Crippen LogP contribution in [0.2, 0.25) is 0 Å². The molecule has 0 aliphatic rings. The highest BCUT2D eigenvalue weighted by Crippen LogP contribution is 2.42. The average molecular weight is 618 g/mol. The zero-order valence-corrected chi connectivity index (χ0v) is 26.6. The van der Waals surface area contributed by atoms with Gasteiger partial charge >= 0.3 is 0 Å². The number of hydrogen-bond acceptors (Lipinski definition) is 2. The minimum atomic E-state index is 0.740. The van der Waals surface area contributed by atoms with E-state index < -0.39 is 0 Å². The molecule has 0 atom stereocenters. The van der Waals surface area contributed by atoms with Crippen LogP contribution in [0.4, 0.5) is 11.4 Å². The highest BCUT2D eigenvalue weighted by Gasteiger charge is 2.17. The highest BCUT2D eigenvalue weighted by molar-refractivity contribution is 7.26. The van der Waals surface area contributed by atoms with Gasteiger partial charge in [0.25, 0.3) is 0 Å². The molecule has 0 bridgehead atoms. The number of benzene rings is 8. The first-order valence-corrected chi connectivity index (χ1v) is 16.9. The van der Waals surface area contributed by atoms with Crippen LogP contribution in [-0.2, 0) is 6.54 Å². The number of nitrogens with zero attached hydrogens (tertiary/aromatic N) is 1. The molecule has 0 saturated carbocycles. The van der Waals surface area contributed by atoms with Crippen molar-refractivity contribution in [2.45, 2.75) is 6.54 Å². The van der Waals surface area contributed by atoms with Crippen molar-refractivity contribution in [3.63, 3.8) is 0 Å². The van der Waals surface area contributed by atoms with Crippen LogP contribution in [0.15, 0.2) is 176 Å². The van der Waals surface area contributed by atoms with E-state index in [0.717, 1.165) is 6.54 Å². The van der Waals surface area contributed by atoms with Crippen molar-refractivity contribution >= 4 is 64.4 Å². The van der Waals surface area contributed by atoms with Crippen LogP contribution in [0, 0.1) is 0 Å². The van der Waals surface area contributed by atoms with Gasteiger partial charge in [0.1, 0.15) is 0 Å². The van der Waals surface area contributed by atoms with Crippen LogP contribution < -0.4 is 4.90 Å². The van der Waals surface area contributed by atoms with Crippen molar-refractivity contribution in [3.05, 3.63) is 181 Å². The van der Waals surface area contributed by atoms with Crippen LogP contribution in [0.3, 0.4) is 0 Å². The van der Waals surface area contributed by atoms with E-state index >= 15 is 0 Å². The lowest BCUT2D eigenvalue weighted by molar-refractivity contribution is 0.979. The molecular weight excluding hydrogens is 587 g/mol. The van der Waals surface area contributed by atoms with Gasteiger partial charge in [0.05, 0.1) is 0 Å². The van der Waals surface area contributed by atoms with Crippen LogP contribution in [-0.4, -0.2) is 0 Å². The lowest BCUT2D eigenvalue weighted by atomic mass is 9.96. The van der Waals surface area contributed by atoms with E-state index in [2.05, 4.69) is 181 Å². The lowest BCUT2D eigenvalue weighted by Gasteiger charge is -2.27. The van der Waals surface area contributed by atoms with Gasteiger partial charge in [-0.15, -0.1) is 11.3 Å². The van der Waals surface area contributed by atoms with Gasteiger partial charge in [-0.1, -0.05) is 140 Å². The first kappa shape index (κ1) is 27.6. The standard InChI is InChI=1S/C45H31NS/c1-2-10-31(11-3-1)33-20-23-38(24-21-33)46(30-37-15-7-8-16-40(37)36-19-18-32-12-4-5-14-35(32)28-36)39-25-27-44-43(29-39)42-26-22-34-13-6-9-17-41(34)45(42)47-44/h1-29H,30H2. The van der Waals surface area contributed by atoms with E-state index in [-0.39, 0.29) is 0 Å². The molecule has 8 aromatic carbocycles. The predicted octanol–water partition coefficient (Wildman–Crippen LogP) is 13.0. The molecule has 0 fully saturated rings. The van der Waals surface area contributed by atoms with Gasteiger partial charge in [0.2, 0.25) is 0 Å². The minimum Gasteiger partial charge on any atom is -0.337 e. The second-order valence-electron chi connectivity index (χ2n) is 12.2. The summed E-state index contributed by atoms with van der Waals surface area (Å²) in [6.07, 6.45) is 0. The Bertz CT molecular complexity index is 2540. The van der Waals surface area contributed by atoms with E-state index in [1.54, 1.807) is 0 Å². The van der Waals surface area contributed by atoms with Crippen molar-refractivity contribution < 1.29 is 0 Å². The van der Waals surface area contributed by atoms with Gasteiger partial charge in [-0.2, -0.15) is 0 Å². The highest BCUT2D eigenvalue weighted by atomic mass is 32.1. The van der Waals surface area contributed by atoms with Gasteiger partial charge in [0, 0.05) is 38.1 Å². The molecule has 0 N–H and O–H groups in total. The molecule has 0 amide bonds. The summed E-state index contributed by atoms with van der Waals surface area (Å²) >= 11 is 1.89. The van der Waals surface area contributed by atoms with E-state index in [0.29, 0.717) is 0 Å². The van der Waals surface area contributed by atoms with Crippen LogP contribution in [0.25, 0.3) is 64.0 Å². The molecule has 0 spiro atoms. The second-order valence-corrected chi connectivity index (χ2v) is 13.2. The SMILES string of the molecule is c1ccc(-c2ccc(N(Cc3ccccc3-c3ccc4ccccc4c3)c3ccc4sc5c6ccccc6ccc5c4c3)cc2)cc1. The Labute approximate surface area is 278 Å². The van der Waals surface area contributed by atoms with E-state index in [1.807, 2.05) is 11.3 Å².